The van der Waals surface area contributed by atoms with Crippen molar-refractivity contribution in [2.45, 2.75) is 19.3 Å². The SMILES string of the molecule is CC1(C)c2ccccc2-c2ccc(-c3cccc(-c4ccc5c(c4)c4cccc(-c6nc(-c7ccccc7)nc(-c7ccccc7)n6)c4n5-c4ccccc4)c3)cc21. The van der Waals surface area contributed by atoms with Gasteiger partial charge in [0, 0.05) is 38.6 Å². The summed E-state index contributed by atoms with van der Waals surface area (Å²) in [7, 11) is 0. The van der Waals surface area contributed by atoms with Crippen LogP contribution in [0.4, 0.5) is 0 Å². The molecule has 2 aromatic heterocycles. The summed E-state index contributed by atoms with van der Waals surface area (Å²) in [6, 6.07) is 69.1. The maximum absolute atomic E-state index is 5.16. The zero-order valence-corrected chi connectivity index (χ0v) is 32.3. The summed E-state index contributed by atoms with van der Waals surface area (Å²) in [5.74, 6) is 1.91. The number of rotatable bonds is 6. The van der Waals surface area contributed by atoms with Crippen LogP contribution in [0.3, 0.4) is 0 Å². The van der Waals surface area contributed by atoms with Crippen molar-refractivity contribution in [2.24, 2.45) is 0 Å². The highest BCUT2D eigenvalue weighted by Gasteiger charge is 2.35. The van der Waals surface area contributed by atoms with Gasteiger partial charge in [-0.2, -0.15) is 0 Å². The van der Waals surface area contributed by atoms with Crippen LogP contribution in [0.15, 0.2) is 194 Å². The third-order valence-corrected chi connectivity index (χ3v) is 11.9. The molecule has 8 aromatic carbocycles. The molecule has 2 heterocycles. The molecule has 11 rings (SSSR count). The summed E-state index contributed by atoms with van der Waals surface area (Å²) in [5.41, 5.74) is 16.3. The molecule has 0 amide bonds. The zero-order chi connectivity index (χ0) is 38.8. The molecule has 0 bridgehead atoms. The van der Waals surface area contributed by atoms with Crippen molar-refractivity contribution >= 4 is 21.8 Å². The quantitative estimate of drug-likeness (QED) is 0.170. The van der Waals surface area contributed by atoms with Gasteiger partial charge in [-0.3, -0.25) is 0 Å². The van der Waals surface area contributed by atoms with E-state index >= 15 is 0 Å². The van der Waals surface area contributed by atoms with E-state index in [0.29, 0.717) is 17.5 Å². The summed E-state index contributed by atoms with van der Waals surface area (Å²) >= 11 is 0. The van der Waals surface area contributed by atoms with Gasteiger partial charge < -0.3 is 4.57 Å². The van der Waals surface area contributed by atoms with E-state index in [2.05, 4.69) is 176 Å². The van der Waals surface area contributed by atoms with E-state index in [0.717, 1.165) is 38.8 Å². The molecule has 0 saturated heterocycles. The van der Waals surface area contributed by atoms with Crippen molar-refractivity contribution in [1.29, 1.82) is 0 Å². The third kappa shape index (κ3) is 5.48. The topological polar surface area (TPSA) is 43.6 Å². The molecule has 0 spiro atoms. The molecular weight excluding hydrogens is 705 g/mol. The minimum absolute atomic E-state index is 0.0517. The summed E-state index contributed by atoms with van der Waals surface area (Å²) < 4.78 is 2.36. The average molecular weight is 743 g/mol. The molecule has 0 saturated carbocycles. The Bertz CT molecular complexity index is 3120. The second kappa shape index (κ2) is 13.4. The van der Waals surface area contributed by atoms with E-state index in [-0.39, 0.29) is 5.41 Å². The first-order valence-corrected chi connectivity index (χ1v) is 19.9. The Morgan fingerprint density at radius 1 is 0.362 bits per heavy atom. The number of hydrogen-bond acceptors (Lipinski definition) is 3. The number of benzene rings is 8. The molecule has 0 radical (unpaired) electrons. The van der Waals surface area contributed by atoms with Crippen molar-refractivity contribution < 1.29 is 0 Å². The fourth-order valence-corrected chi connectivity index (χ4v) is 8.97. The number of fused-ring (bicyclic) bond motifs is 6. The van der Waals surface area contributed by atoms with E-state index in [1.54, 1.807) is 0 Å². The molecule has 0 fully saturated rings. The largest absolute Gasteiger partial charge is 0.308 e. The van der Waals surface area contributed by atoms with Gasteiger partial charge >= 0.3 is 0 Å². The molecule has 4 heteroatoms. The van der Waals surface area contributed by atoms with Gasteiger partial charge in [0.25, 0.3) is 0 Å². The first-order valence-electron chi connectivity index (χ1n) is 19.9. The minimum Gasteiger partial charge on any atom is -0.308 e. The lowest BCUT2D eigenvalue weighted by Crippen LogP contribution is -2.14. The van der Waals surface area contributed by atoms with Gasteiger partial charge in [0.1, 0.15) is 0 Å². The standard InChI is InChI=1S/C54H38N4/c1-54(2)47-27-13-12-24-42(47)43-30-28-40(34-48(43)54)38-21-14-20-37(32-38)39-29-31-49-46(33-39)44-25-15-26-45(50(44)58(49)41-22-10-5-11-23-41)53-56-51(35-16-6-3-7-17-35)55-52(57-53)36-18-8-4-9-19-36/h3-34H,1-2H3. The lowest BCUT2D eigenvalue weighted by molar-refractivity contribution is 0.660. The van der Waals surface area contributed by atoms with E-state index in [1.165, 1.54) is 49.9 Å². The molecule has 0 unspecified atom stereocenters. The highest BCUT2D eigenvalue weighted by Crippen LogP contribution is 2.49. The third-order valence-electron chi connectivity index (χ3n) is 11.9. The summed E-state index contributed by atoms with van der Waals surface area (Å²) in [6.07, 6.45) is 0. The van der Waals surface area contributed by atoms with Gasteiger partial charge in [0.2, 0.25) is 0 Å². The smallest absolute Gasteiger partial charge is 0.166 e. The monoisotopic (exact) mass is 742 g/mol. The molecule has 0 atom stereocenters. The van der Waals surface area contributed by atoms with Crippen LogP contribution in [0.5, 0.6) is 0 Å². The van der Waals surface area contributed by atoms with Gasteiger partial charge in [-0.15, -0.1) is 0 Å². The summed E-state index contributed by atoms with van der Waals surface area (Å²) in [4.78, 5) is 15.3. The van der Waals surface area contributed by atoms with Gasteiger partial charge in [-0.25, -0.2) is 15.0 Å². The highest BCUT2D eigenvalue weighted by atomic mass is 15.0. The molecule has 10 aromatic rings. The van der Waals surface area contributed by atoms with Crippen LogP contribution in [0.1, 0.15) is 25.0 Å². The molecule has 274 valence electrons. The number of para-hydroxylation sites is 2. The molecule has 4 nitrogen and oxygen atoms in total. The Morgan fingerprint density at radius 2 is 0.879 bits per heavy atom. The molecule has 58 heavy (non-hydrogen) atoms. The van der Waals surface area contributed by atoms with Crippen LogP contribution in [0.25, 0.3) is 95.0 Å². The van der Waals surface area contributed by atoms with E-state index in [1.807, 2.05) is 36.4 Å². The number of aromatic nitrogens is 4. The lowest BCUT2D eigenvalue weighted by Gasteiger charge is -2.22. The van der Waals surface area contributed by atoms with Crippen LogP contribution in [0, 0.1) is 0 Å². The molecule has 0 aliphatic heterocycles. The fourth-order valence-electron chi connectivity index (χ4n) is 8.97. The second-order valence-electron chi connectivity index (χ2n) is 15.7. The molecule has 1 aliphatic carbocycles. The van der Waals surface area contributed by atoms with Crippen molar-refractivity contribution in [3.8, 4) is 73.2 Å². The maximum atomic E-state index is 5.16. The van der Waals surface area contributed by atoms with Crippen LogP contribution in [0.2, 0.25) is 0 Å². The summed E-state index contributed by atoms with van der Waals surface area (Å²) in [5, 5.41) is 2.30. The van der Waals surface area contributed by atoms with Gasteiger partial charge in [-0.1, -0.05) is 166 Å². The van der Waals surface area contributed by atoms with Crippen molar-refractivity contribution in [3.63, 3.8) is 0 Å². The van der Waals surface area contributed by atoms with Crippen LogP contribution in [-0.4, -0.2) is 19.5 Å². The number of nitrogens with zero attached hydrogens (tertiary/aromatic N) is 4. The summed E-state index contributed by atoms with van der Waals surface area (Å²) in [6.45, 7) is 4.69. The Hall–Kier alpha value is -7.43. The van der Waals surface area contributed by atoms with Crippen molar-refractivity contribution in [3.05, 3.63) is 205 Å². The first-order chi connectivity index (χ1) is 28.5. The number of hydrogen-bond donors (Lipinski definition) is 0. The van der Waals surface area contributed by atoms with Crippen molar-refractivity contribution in [1.82, 2.24) is 19.5 Å². The Morgan fingerprint density at radius 3 is 1.59 bits per heavy atom. The molecular formula is C54H38N4. The van der Waals surface area contributed by atoms with Crippen molar-refractivity contribution in [2.75, 3.05) is 0 Å². The second-order valence-corrected chi connectivity index (χ2v) is 15.7. The van der Waals surface area contributed by atoms with Crippen LogP contribution >= 0.6 is 0 Å². The van der Waals surface area contributed by atoms with E-state index in [9.17, 15) is 0 Å². The normalized spacial score (nSPS) is 12.8. The fraction of sp³-hybridized carbons (Fsp3) is 0.0556. The predicted octanol–water partition coefficient (Wildman–Crippen LogP) is 13.6. The average Bonchev–Trinajstić information content (AvgIpc) is 3.75. The predicted molar refractivity (Wildman–Crippen MR) is 239 cm³/mol. The Kier molecular flexibility index (Phi) is 7.80. The van der Waals surface area contributed by atoms with Gasteiger partial charge in [0.05, 0.1) is 11.0 Å². The van der Waals surface area contributed by atoms with Crippen LogP contribution < -0.4 is 0 Å². The minimum atomic E-state index is -0.0517. The zero-order valence-electron chi connectivity index (χ0n) is 32.3. The lowest BCUT2D eigenvalue weighted by atomic mass is 9.81. The van der Waals surface area contributed by atoms with E-state index in [4.69, 9.17) is 15.0 Å². The molecule has 0 N–H and O–H groups in total. The van der Waals surface area contributed by atoms with Gasteiger partial charge in [-0.05, 0) is 87.0 Å². The Balaban J connectivity index is 1.08. The van der Waals surface area contributed by atoms with Gasteiger partial charge in [0.15, 0.2) is 17.5 Å². The highest BCUT2D eigenvalue weighted by molar-refractivity contribution is 6.14. The first kappa shape index (κ1) is 33.9. The maximum Gasteiger partial charge on any atom is 0.166 e. The van der Waals surface area contributed by atoms with Crippen LogP contribution in [-0.2, 0) is 5.41 Å². The Labute approximate surface area is 337 Å². The molecule has 1 aliphatic rings. The van der Waals surface area contributed by atoms with E-state index < -0.39 is 0 Å².